The van der Waals surface area contributed by atoms with Crippen LogP contribution in [0.1, 0.15) is 12.0 Å². The summed E-state index contributed by atoms with van der Waals surface area (Å²) in [5.41, 5.74) is 1.10. The third-order valence-corrected chi connectivity index (χ3v) is 3.01. The number of nitrogens with one attached hydrogen (secondary N) is 1. The highest BCUT2D eigenvalue weighted by atomic mass is 35.5. The Morgan fingerprint density at radius 3 is 3.06 bits per heavy atom. The van der Waals surface area contributed by atoms with Gasteiger partial charge < -0.3 is 10.2 Å². The molecule has 1 N–H and O–H groups in total. The summed E-state index contributed by atoms with van der Waals surface area (Å²) in [7, 11) is 1.92. The van der Waals surface area contributed by atoms with Gasteiger partial charge >= 0.3 is 0 Å². The Bertz CT molecular complexity index is 390. The van der Waals surface area contributed by atoms with E-state index >= 15 is 0 Å². The average Bonchev–Trinajstić information content (AvgIpc) is 2.33. The van der Waals surface area contributed by atoms with E-state index in [2.05, 4.69) is 33.4 Å². The molecule has 0 spiro atoms. The molecule has 2 heterocycles. The number of pyridine rings is 1. The minimum atomic E-state index is 0.727. The molecule has 0 unspecified atom stereocenters. The number of rotatable bonds is 3. The Balaban J connectivity index is 2.20. The first kappa shape index (κ1) is 11.4. The van der Waals surface area contributed by atoms with Gasteiger partial charge in [-0.3, -0.25) is 0 Å². The van der Waals surface area contributed by atoms with Crippen molar-refractivity contribution < 1.29 is 0 Å². The van der Waals surface area contributed by atoms with E-state index in [1.807, 2.05) is 7.05 Å². The van der Waals surface area contributed by atoms with Gasteiger partial charge in [-0.1, -0.05) is 23.8 Å². The van der Waals surface area contributed by atoms with Crippen LogP contribution in [0.15, 0.2) is 24.4 Å². The number of hydrogen-bond donors (Lipinski definition) is 1. The first-order valence-corrected chi connectivity index (χ1v) is 5.88. The van der Waals surface area contributed by atoms with E-state index in [9.17, 15) is 0 Å². The van der Waals surface area contributed by atoms with Gasteiger partial charge in [0.15, 0.2) is 0 Å². The van der Waals surface area contributed by atoms with Gasteiger partial charge in [0.2, 0.25) is 0 Å². The van der Waals surface area contributed by atoms with Crippen LogP contribution >= 0.6 is 11.6 Å². The maximum Gasteiger partial charge on any atom is 0.129 e. The minimum absolute atomic E-state index is 0.727. The molecule has 0 saturated carbocycles. The summed E-state index contributed by atoms with van der Waals surface area (Å²) in [4.78, 5) is 6.64. The lowest BCUT2D eigenvalue weighted by Crippen LogP contribution is -2.27. The van der Waals surface area contributed by atoms with Gasteiger partial charge in [0.05, 0.1) is 5.02 Å². The second-order valence-corrected chi connectivity index (χ2v) is 4.28. The Morgan fingerprint density at radius 2 is 2.38 bits per heavy atom. The van der Waals surface area contributed by atoms with E-state index in [0.29, 0.717) is 0 Å². The molecule has 1 aliphatic rings. The maximum absolute atomic E-state index is 6.08. The van der Waals surface area contributed by atoms with Crippen LogP contribution in [-0.4, -0.2) is 25.1 Å². The molecule has 16 heavy (non-hydrogen) atoms. The molecular weight excluding hydrogens is 222 g/mol. The predicted molar refractivity (Wildman–Crippen MR) is 68.0 cm³/mol. The van der Waals surface area contributed by atoms with Crippen molar-refractivity contribution in [1.29, 1.82) is 0 Å². The number of hydrogen-bond acceptors (Lipinski definition) is 3. The highest BCUT2D eigenvalue weighted by Gasteiger charge is 2.10. The summed E-state index contributed by atoms with van der Waals surface area (Å²) in [6.07, 6.45) is 7.21. The highest BCUT2D eigenvalue weighted by molar-refractivity contribution is 6.31. The zero-order valence-corrected chi connectivity index (χ0v) is 10.2. The summed E-state index contributed by atoms with van der Waals surface area (Å²) >= 11 is 6.08. The summed E-state index contributed by atoms with van der Waals surface area (Å²) in [6, 6.07) is 2.07. The fraction of sp³-hybridized carbons (Fsp3) is 0.417. The Labute approximate surface area is 101 Å². The smallest absolute Gasteiger partial charge is 0.129 e. The molecule has 0 radical (unpaired) electrons. The fourth-order valence-electron chi connectivity index (χ4n) is 1.82. The summed E-state index contributed by atoms with van der Waals surface area (Å²) in [5.74, 6) is 1.01. The Morgan fingerprint density at radius 1 is 1.50 bits per heavy atom. The molecule has 1 aliphatic heterocycles. The number of aromatic nitrogens is 1. The number of halogens is 1. The Hall–Kier alpha value is -1.06. The highest BCUT2D eigenvalue weighted by Crippen LogP contribution is 2.21. The van der Waals surface area contributed by atoms with Crippen molar-refractivity contribution in [3.05, 3.63) is 35.0 Å². The summed E-state index contributed by atoms with van der Waals surface area (Å²) in [5, 5.41) is 3.84. The Kier molecular flexibility index (Phi) is 3.80. The maximum atomic E-state index is 6.08. The standard InChI is InChI=1S/C12H16ClN3/c1-14-8-10-7-12(15-9-11(10)13)16-5-3-2-4-6-16/h2-3,7,9,14H,4-6,8H2,1H3. The minimum Gasteiger partial charge on any atom is -0.353 e. The zero-order valence-electron chi connectivity index (χ0n) is 9.41. The van der Waals surface area contributed by atoms with E-state index in [4.69, 9.17) is 11.6 Å². The van der Waals surface area contributed by atoms with E-state index in [1.54, 1.807) is 6.20 Å². The van der Waals surface area contributed by atoms with Crippen molar-refractivity contribution in [2.45, 2.75) is 13.0 Å². The summed E-state index contributed by atoms with van der Waals surface area (Å²) in [6.45, 7) is 2.75. The lowest BCUT2D eigenvalue weighted by atomic mass is 10.2. The van der Waals surface area contributed by atoms with Crippen LogP contribution < -0.4 is 10.2 Å². The molecule has 0 amide bonds. The van der Waals surface area contributed by atoms with Gasteiger partial charge in [-0.05, 0) is 25.1 Å². The first-order valence-electron chi connectivity index (χ1n) is 5.50. The molecule has 0 saturated heterocycles. The molecule has 0 fully saturated rings. The third kappa shape index (κ3) is 2.54. The molecule has 0 aromatic carbocycles. The van der Waals surface area contributed by atoms with Crippen molar-refractivity contribution >= 4 is 17.4 Å². The van der Waals surface area contributed by atoms with E-state index < -0.39 is 0 Å². The van der Waals surface area contributed by atoms with Crippen molar-refractivity contribution in [3.63, 3.8) is 0 Å². The quantitative estimate of drug-likeness (QED) is 0.818. The monoisotopic (exact) mass is 237 g/mol. The largest absolute Gasteiger partial charge is 0.353 e. The normalized spacial score (nSPS) is 15.5. The van der Waals surface area contributed by atoms with Crippen LogP contribution in [0.5, 0.6) is 0 Å². The number of anilines is 1. The molecule has 0 aliphatic carbocycles. The zero-order chi connectivity index (χ0) is 11.4. The molecule has 1 aromatic rings. The molecular formula is C12H16ClN3. The summed E-state index contributed by atoms with van der Waals surface area (Å²) < 4.78 is 0. The third-order valence-electron chi connectivity index (χ3n) is 2.67. The molecule has 3 nitrogen and oxygen atoms in total. The SMILES string of the molecule is CNCc1cc(N2CC=CCC2)ncc1Cl. The molecule has 0 bridgehead atoms. The van der Waals surface area contributed by atoms with E-state index in [1.165, 1.54) is 0 Å². The van der Waals surface area contributed by atoms with Gasteiger partial charge in [-0.2, -0.15) is 0 Å². The van der Waals surface area contributed by atoms with Gasteiger partial charge in [0.1, 0.15) is 5.82 Å². The molecule has 1 aromatic heterocycles. The average molecular weight is 238 g/mol. The molecule has 2 rings (SSSR count). The molecule has 0 atom stereocenters. The van der Waals surface area contributed by atoms with Gasteiger partial charge in [0.25, 0.3) is 0 Å². The van der Waals surface area contributed by atoms with E-state index in [0.717, 1.165) is 42.5 Å². The van der Waals surface area contributed by atoms with Gasteiger partial charge in [0, 0.05) is 25.8 Å². The van der Waals surface area contributed by atoms with Gasteiger partial charge in [-0.15, -0.1) is 0 Å². The van der Waals surface area contributed by atoms with Crippen molar-refractivity contribution in [1.82, 2.24) is 10.3 Å². The predicted octanol–water partition coefficient (Wildman–Crippen LogP) is 2.22. The van der Waals surface area contributed by atoms with Crippen molar-refractivity contribution in [2.24, 2.45) is 0 Å². The van der Waals surface area contributed by atoms with Crippen molar-refractivity contribution in [3.8, 4) is 0 Å². The fourth-order valence-corrected chi connectivity index (χ4v) is 1.99. The first-order chi connectivity index (χ1) is 7.81. The van der Waals surface area contributed by atoms with Crippen molar-refractivity contribution in [2.75, 3.05) is 25.0 Å². The topological polar surface area (TPSA) is 28.2 Å². The van der Waals surface area contributed by atoms with Gasteiger partial charge in [-0.25, -0.2) is 4.98 Å². The molecule has 86 valence electrons. The van der Waals surface area contributed by atoms with Crippen LogP contribution in [0.2, 0.25) is 5.02 Å². The lowest BCUT2D eigenvalue weighted by Gasteiger charge is -2.25. The second-order valence-electron chi connectivity index (χ2n) is 3.87. The number of nitrogens with zero attached hydrogens (tertiary/aromatic N) is 2. The van der Waals surface area contributed by atoms with Crippen LogP contribution in [0.25, 0.3) is 0 Å². The van der Waals surface area contributed by atoms with Crippen LogP contribution in [0, 0.1) is 0 Å². The molecule has 4 heteroatoms. The second kappa shape index (κ2) is 5.32. The lowest BCUT2D eigenvalue weighted by molar-refractivity contribution is 0.791. The van der Waals surface area contributed by atoms with Crippen LogP contribution in [0.4, 0.5) is 5.82 Å². The van der Waals surface area contributed by atoms with Crippen LogP contribution in [-0.2, 0) is 6.54 Å². The van der Waals surface area contributed by atoms with Crippen LogP contribution in [0.3, 0.4) is 0 Å². The van der Waals surface area contributed by atoms with E-state index in [-0.39, 0.29) is 0 Å².